The number of rotatable bonds is 7. The molecule has 0 aromatic heterocycles. The lowest BCUT2D eigenvalue weighted by atomic mass is 10.0. The number of hydrogen-bond donors (Lipinski definition) is 0. The number of amides is 3. The lowest BCUT2D eigenvalue weighted by molar-refractivity contribution is -0.136. The Morgan fingerprint density at radius 1 is 1.12 bits per heavy atom. The van der Waals surface area contributed by atoms with Crippen molar-refractivity contribution in [3.8, 4) is 0 Å². The van der Waals surface area contributed by atoms with E-state index in [1.54, 1.807) is 11.8 Å². The molecule has 7 heteroatoms. The normalized spacial score (nSPS) is 21.2. The van der Waals surface area contributed by atoms with Crippen molar-refractivity contribution in [3.05, 3.63) is 0 Å². The first-order valence-electron chi connectivity index (χ1n) is 10.0. The third-order valence-corrected chi connectivity index (χ3v) is 5.24. The zero-order chi connectivity index (χ0) is 19.1. The highest BCUT2D eigenvalue weighted by atomic mass is 16.6. The number of carbonyl (C=O) groups excluding carboxylic acids is 3. The second-order valence-electron chi connectivity index (χ2n) is 7.19. The summed E-state index contributed by atoms with van der Waals surface area (Å²) in [5.74, 6) is -0.0249. The minimum atomic E-state index is -0.276. The Morgan fingerprint density at radius 3 is 2.27 bits per heavy atom. The van der Waals surface area contributed by atoms with Crippen molar-refractivity contribution in [1.29, 1.82) is 0 Å². The summed E-state index contributed by atoms with van der Waals surface area (Å²) in [7, 11) is 0. The summed E-state index contributed by atoms with van der Waals surface area (Å²) in [5.41, 5.74) is 0. The summed E-state index contributed by atoms with van der Waals surface area (Å²) in [6.45, 7) is 9.55. The van der Waals surface area contributed by atoms with Crippen LogP contribution in [0, 0.1) is 5.92 Å². The van der Waals surface area contributed by atoms with E-state index < -0.39 is 0 Å². The molecule has 26 heavy (non-hydrogen) atoms. The van der Waals surface area contributed by atoms with Gasteiger partial charge in [0.15, 0.2) is 0 Å². The fourth-order valence-electron chi connectivity index (χ4n) is 3.96. The number of nitrogens with zero attached hydrogens (tertiary/aromatic N) is 3. The standard InChI is InChI=1S/C19H33N3O4/c1-4-9-20(10-5-2)18(24)15-13-17(23)22(14-15)16-7-11-21(12-8-16)19(25)26-6-3/h15-16H,4-14H2,1-3H3. The van der Waals surface area contributed by atoms with Crippen LogP contribution in [0.1, 0.15) is 52.9 Å². The molecule has 2 fully saturated rings. The molecule has 148 valence electrons. The minimum Gasteiger partial charge on any atom is -0.450 e. The molecule has 0 radical (unpaired) electrons. The Bertz CT molecular complexity index is 497. The maximum Gasteiger partial charge on any atom is 0.409 e. The van der Waals surface area contributed by atoms with E-state index in [9.17, 15) is 14.4 Å². The molecule has 0 aromatic carbocycles. The first kappa shape index (κ1) is 20.5. The fraction of sp³-hybridized carbons (Fsp3) is 0.842. The zero-order valence-corrected chi connectivity index (χ0v) is 16.4. The van der Waals surface area contributed by atoms with Crippen molar-refractivity contribution in [2.45, 2.75) is 58.9 Å². The highest BCUT2D eigenvalue weighted by molar-refractivity contribution is 5.89. The van der Waals surface area contributed by atoms with Crippen LogP contribution in [0.3, 0.4) is 0 Å². The van der Waals surface area contributed by atoms with Crippen LogP contribution in [-0.2, 0) is 14.3 Å². The predicted octanol–water partition coefficient (Wildman–Crippen LogP) is 2.10. The van der Waals surface area contributed by atoms with Crippen molar-refractivity contribution in [3.63, 3.8) is 0 Å². The third kappa shape index (κ3) is 4.89. The van der Waals surface area contributed by atoms with Gasteiger partial charge in [-0.05, 0) is 32.6 Å². The molecule has 1 atom stereocenters. The van der Waals surface area contributed by atoms with Crippen LogP contribution in [0.5, 0.6) is 0 Å². The number of hydrogen-bond acceptors (Lipinski definition) is 4. The predicted molar refractivity (Wildman–Crippen MR) is 98.6 cm³/mol. The smallest absolute Gasteiger partial charge is 0.409 e. The van der Waals surface area contributed by atoms with Crippen molar-refractivity contribution in [1.82, 2.24) is 14.7 Å². The quantitative estimate of drug-likeness (QED) is 0.691. The number of carbonyl (C=O) groups is 3. The Balaban J connectivity index is 1.89. The maximum absolute atomic E-state index is 12.8. The molecule has 0 bridgehead atoms. The molecule has 0 saturated carbocycles. The molecule has 0 aromatic rings. The lowest BCUT2D eigenvalue weighted by Crippen LogP contribution is -2.47. The van der Waals surface area contributed by atoms with Gasteiger partial charge in [0, 0.05) is 45.2 Å². The molecule has 3 amide bonds. The highest BCUT2D eigenvalue weighted by Crippen LogP contribution is 2.27. The van der Waals surface area contributed by atoms with E-state index in [0.29, 0.717) is 32.7 Å². The van der Waals surface area contributed by atoms with E-state index >= 15 is 0 Å². The number of ether oxygens (including phenoxy) is 1. The second-order valence-corrected chi connectivity index (χ2v) is 7.19. The van der Waals surface area contributed by atoms with Crippen molar-refractivity contribution < 1.29 is 19.1 Å². The Labute approximate surface area is 156 Å². The van der Waals surface area contributed by atoms with Gasteiger partial charge in [0.05, 0.1) is 12.5 Å². The monoisotopic (exact) mass is 367 g/mol. The molecule has 0 N–H and O–H groups in total. The zero-order valence-electron chi connectivity index (χ0n) is 16.4. The number of piperidine rings is 1. The van der Waals surface area contributed by atoms with Gasteiger partial charge in [-0.3, -0.25) is 9.59 Å². The molecule has 1 unspecified atom stereocenters. The van der Waals surface area contributed by atoms with Crippen LogP contribution >= 0.6 is 0 Å². The SMILES string of the molecule is CCCN(CCC)C(=O)C1CC(=O)N(C2CCN(C(=O)OCC)CC2)C1. The third-order valence-electron chi connectivity index (χ3n) is 5.24. The topological polar surface area (TPSA) is 70.2 Å². The summed E-state index contributed by atoms with van der Waals surface area (Å²) in [4.78, 5) is 42.6. The van der Waals surface area contributed by atoms with Crippen molar-refractivity contribution >= 4 is 17.9 Å². The van der Waals surface area contributed by atoms with Gasteiger partial charge in [-0.2, -0.15) is 0 Å². The van der Waals surface area contributed by atoms with E-state index in [-0.39, 0.29) is 29.9 Å². The molecule has 2 rings (SSSR count). The summed E-state index contributed by atoms with van der Waals surface area (Å²) >= 11 is 0. The van der Waals surface area contributed by atoms with Crippen LogP contribution in [0.25, 0.3) is 0 Å². The molecule has 2 aliphatic rings. The van der Waals surface area contributed by atoms with Crippen LogP contribution < -0.4 is 0 Å². The summed E-state index contributed by atoms with van der Waals surface area (Å²) in [6, 6.07) is 0.122. The first-order valence-corrected chi connectivity index (χ1v) is 10.0. The van der Waals surface area contributed by atoms with E-state index in [4.69, 9.17) is 4.74 Å². The molecule has 0 aliphatic carbocycles. The fourth-order valence-corrected chi connectivity index (χ4v) is 3.96. The van der Waals surface area contributed by atoms with Crippen LogP contribution in [0.15, 0.2) is 0 Å². The summed E-state index contributed by atoms with van der Waals surface area (Å²) in [6.07, 6.45) is 3.41. The van der Waals surface area contributed by atoms with Crippen molar-refractivity contribution in [2.75, 3.05) is 39.3 Å². The van der Waals surface area contributed by atoms with Gasteiger partial charge in [0.2, 0.25) is 11.8 Å². The van der Waals surface area contributed by atoms with Gasteiger partial charge in [-0.25, -0.2) is 4.79 Å². The van der Waals surface area contributed by atoms with Crippen LogP contribution in [-0.4, -0.2) is 78.0 Å². The van der Waals surface area contributed by atoms with E-state index in [0.717, 1.165) is 38.8 Å². The lowest BCUT2D eigenvalue weighted by Gasteiger charge is -2.36. The second kappa shape index (κ2) is 9.78. The van der Waals surface area contributed by atoms with E-state index in [1.807, 2.05) is 9.80 Å². The van der Waals surface area contributed by atoms with Gasteiger partial charge in [0.25, 0.3) is 0 Å². The maximum atomic E-state index is 12.8. The molecule has 2 saturated heterocycles. The Kier molecular flexibility index (Phi) is 7.72. The molecule has 2 heterocycles. The molecule has 7 nitrogen and oxygen atoms in total. The van der Waals surface area contributed by atoms with Gasteiger partial charge in [-0.1, -0.05) is 13.8 Å². The minimum absolute atomic E-state index is 0.0749. The Hall–Kier alpha value is -1.79. The summed E-state index contributed by atoms with van der Waals surface area (Å²) in [5, 5.41) is 0. The van der Waals surface area contributed by atoms with Crippen molar-refractivity contribution in [2.24, 2.45) is 5.92 Å². The summed E-state index contributed by atoms with van der Waals surface area (Å²) < 4.78 is 5.04. The van der Waals surface area contributed by atoms with Gasteiger partial charge >= 0.3 is 6.09 Å². The van der Waals surface area contributed by atoms with Gasteiger partial charge < -0.3 is 19.4 Å². The average Bonchev–Trinajstić information content (AvgIpc) is 3.03. The molecular weight excluding hydrogens is 334 g/mol. The highest BCUT2D eigenvalue weighted by Gasteiger charge is 2.40. The van der Waals surface area contributed by atoms with Gasteiger partial charge in [0.1, 0.15) is 0 Å². The van der Waals surface area contributed by atoms with Gasteiger partial charge in [-0.15, -0.1) is 0 Å². The molecule has 0 spiro atoms. The van der Waals surface area contributed by atoms with Crippen LogP contribution in [0.4, 0.5) is 4.79 Å². The molecule has 2 aliphatic heterocycles. The van der Waals surface area contributed by atoms with Crippen LogP contribution in [0.2, 0.25) is 0 Å². The first-order chi connectivity index (χ1) is 12.5. The van der Waals surface area contributed by atoms with E-state index in [1.165, 1.54) is 0 Å². The largest absolute Gasteiger partial charge is 0.450 e. The molecular formula is C19H33N3O4. The number of likely N-dealkylation sites (tertiary alicyclic amines) is 2. The average molecular weight is 367 g/mol. The Morgan fingerprint density at radius 2 is 1.73 bits per heavy atom. The van der Waals surface area contributed by atoms with E-state index in [2.05, 4.69) is 13.8 Å².